The van der Waals surface area contributed by atoms with Gasteiger partial charge in [0.15, 0.2) is 6.61 Å². The van der Waals surface area contributed by atoms with Crippen LogP contribution in [0.25, 0.3) is 0 Å². The standard InChI is InChI=1S/C23H21ClN4O6/c1-32-20-9-6-16(11-19(20)24)27-22(30)23(31)28-26-12-15-4-7-17(8-5-15)34-14-21(29)25-13-18-3-2-10-33-18/h2-12H,13-14H2,1H3,(H,25,29)(H,27,30)(H,28,31)/b26-12-. The van der Waals surface area contributed by atoms with Gasteiger partial charge in [-0.2, -0.15) is 5.10 Å². The quantitative estimate of drug-likeness (QED) is 0.243. The van der Waals surface area contributed by atoms with Crippen LogP contribution in [0, 0.1) is 0 Å². The van der Waals surface area contributed by atoms with E-state index in [1.165, 1.54) is 25.7 Å². The molecule has 2 aromatic carbocycles. The number of halogens is 1. The molecular formula is C23H21ClN4O6. The van der Waals surface area contributed by atoms with Crippen molar-refractivity contribution in [1.82, 2.24) is 10.7 Å². The zero-order valence-electron chi connectivity index (χ0n) is 18.0. The lowest BCUT2D eigenvalue weighted by atomic mass is 10.2. The van der Waals surface area contributed by atoms with Gasteiger partial charge in [-0.15, -0.1) is 0 Å². The molecule has 1 aromatic heterocycles. The SMILES string of the molecule is COc1ccc(NC(=O)C(=O)N/N=C\c2ccc(OCC(=O)NCc3ccco3)cc2)cc1Cl. The summed E-state index contributed by atoms with van der Waals surface area (Å²) in [5.41, 5.74) is 3.11. The van der Waals surface area contributed by atoms with Crippen molar-refractivity contribution >= 4 is 41.2 Å². The van der Waals surface area contributed by atoms with E-state index >= 15 is 0 Å². The molecule has 34 heavy (non-hydrogen) atoms. The van der Waals surface area contributed by atoms with Crippen LogP contribution in [0.4, 0.5) is 5.69 Å². The molecule has 0 spiro atoms. The number of nitrogens with one attached hydrogen (secondary N) is 3. The summed E-state index contributed by atoms with van der Waals surface area (Å²) in [7, 11) is 1.47. The molecule has 10 nitrogen and oxygen atoms in total. The van der Waals surface area contributed by atoms with E-state index in [9.17, 15) is 14.4 Å². The number of carbonyl (C=O) groups is 3. The molecule has 3 amide bonds. The van der Waals surface area contributed by atoms with Crippen molar-refractivity contribution in [3.63, 3.8) is 0 Å². The Hall–Kier alpha value is -4.31. The molecule has 1 heterocycles. The number of amides is 3. The Bertz CT molecular complexity index is 1160. The molecule has 3 N–H and O–H groups in total. The highest BCUT2D eigenvalue weighted by Crippen LogP contribution is 2.27. The summed E-state index contributed by atoms with van der Waals surface area (Å²) in [4.78, 5) is 35.7. The minimum absolute atomic E-state index is 0.154. The summed E-state index contributed by atoms with van der Waals surface area (Å²) in [6.07, 6.45) is 2.89. The minimum atomic E-state index is -0.955. The van der Waals surface area contributed by atoms with Crippen molar-refractivity contribution < 1.29 is 28.3 Å². The first kappa shape index (κ1) is 24.3. The van der Waals surface area contributed by atoms with Crippen LogP contribution in [0.1, 0.15) is 11.3 Å². The highest BCUT2D eigenvalue weighted by molar-refractivity contribution is 6.40. The number of furan rings is 1. The number of anilines is 1. The second-order valence-electron chi connectivity index (χ2n) is 6.72. The number of hydrogen-bond donors (Lipinski definition) is 3. The van der Waals surface area contributed by atoms with Crippen LogP contribution in [0.3, 0.4) is 0 Å². The van der Waals surface area contributed by atoms with E-state index < -0.39 is 11.8 Å². The van der Waals surface area contributed by atoms with Crippen molar-refractivity contribution in [2.45, 2.75) is 6.54 Å². The Morgan fingerprint density at radius 3 is 2.56 bits per heavy atom. The molecule has 0 fully saturated rings. The smallest absolute Gasteiger partial charge is 0.329 e. The number of hydrogen-bond acceptors (Lipinski definition) is 7. The van der Waals surface area contributed by atoms with Crippen LogP contribution in [0.2, 0.25) is 5.02 Å². The highest BCUT2D eigenvalue weighted by atomic mass is 35.5. The Labute approximate surface area is 199 Å². The fourth-order valence-electron chi connectivity index (χ4n) is 2.60. The number of benzene rings is 2. The molecule has 3 aromatic rings. The van der Waals surface area contributed by atoms with E-state index in [0.717, 1.165) is 0 Å². The lowest BCUT2D eigenvalue weighted by Gasteiger charge is -2.07. The van der Waals surface area contributed by atoms with Gasteiger partial charge in [-0.1, -0.05) is 11.6 Å². The zero-order valence-corrected chi connectivity index (χ0v) is 18.8. The fourth-order valence-corrected chi connectivity index (χ4v) is 2.85. The molecule has 0 unspecified atom stereocenters. The summed E-state index contributed by atoms with van der Waals surface area (Å²) in [5.74, 6) is -0.590. The Morgan fingerprint density at radius 2 is 1.88 bits per heavy atom. The molecule has 0 atom stereocenters. The van der Waals surface area contributed by atoms with Crippen LogP contribution in [-0.4, -0.2) is 37.7 Å². The molecule has 0 radical (unpaired) electrons. The Morgan fingerprint density at radius 1 is 1.09 bits per heavy atom. The van der Waals surface area contributed by atoms with E-state index in [0.29, 0.717) is 33.5 Å². The number of hydrazone groups is 1. The minimum Gasteiger partial charge on any atom is -0.495 e. The van der Waals surface area contributed by atoms with Crippen molar-refractivity contribution in [1.29, 1.82) is 0 Å². The predicted octanol–water partition coefficient (Wildman–Crippen LogP) is 2.73. The molecule has 0 saturated heterocycles. The average molecular weight is 485 g/mol. The Kier molecular flexibility index (Phi) is 8.64. The van der Waals surface area contributed by atoms with Gasteiger partial charge in [-0.3, -0.25) is 14.4 Å². The molecule has 11 heteroatoms. The fraction of sp³-hybridized carbons (Fsp3) is 0.130. The van der Waals surface area contributed by atoms with Crippen molar-refractivity contribution in [2.24, 2.45) is 5.10 Å². The van der Waals surface area contributed by atoms with Gasteiger partial charge < -0.3 is 24.5 Å². The van der Waals surface area contributed by atoms with Crippen LogP contribution in [0.15, 0.2) is 70.4 Å². The van der Waals surface area contributed by atoms with Gasteiger partial charge in [0.1, 0.15) is 17.3 Å². The summed E-state index contributed by atoms with van der Waals surface area (Å²) < 4.78 is 15.6. The normalized spacial score (nSPS) is 10.5. The topological polar surface area (TPSA) is 131 Å². The largest absolute Gasteiger partial charge is 0.495 e. The van der Waals surface area contributed by atoms with Gasteiger partial charge in [0.05, 0.1) is 31.2 Å². The molecule has 0 aliphatic rings. The monoisotopic (exact) mass is 484 g/mol. The van der Waals surface area contributed by atoms with Gasteiger partial charge in [0.2, 0.25) is 0 Å². The summed E-state index contributed by atoms with van der Waals surface area (Å²) in [6.45, 7) is 0.126. The average Bonchev–Trinajstić information content (AvgIpc) is 3.36. The second-order valence-corrected chi connectivity index (χ2v) is 7.12. The van der Waals surface area contributed by atoms with E-state index in [2.05, 4.69) is 21.2 Å². The van der Waals surface area contributed by atoms with Crippen molar-refractivity contribution in [3.05, 3.63) is 77.2 Å². The molecule has 0 aliphatic heterocycles. The van der Waals surface area contributed by atoms with Crippen LogP contribution in [-0.2, 0) is 20.9 Å². The van der Waals surface area contributed by atoms with Gasteiger partial charge in [0.25, 0.3) is 5.91 Å². The third kappa shape index (κ3) is 7.38. The molecular weight excluding hydrogens is 464 g/mol. The second kappa shape index (κ2) is 12.1. The van der Waals surface area contributed by atoms with Crippen LogP contribution in [0.5, 0.6) is 11.5 Å². The summed E-state index contributed by atoms with van der Waals surface area (Å²) in [5, 5.41) is 9.13. The number of ether oxygens (including phenoxy) is 2. The molecule has 0 saturated carbocycles. The number of methoxy groups -OCH3 is 1. The molecule has 0 bridgehead atoms. The predicted molar refractivity (Wildman–Crippen MR) is 125 cm³/mol. The first-order chi connectivity index (χ1) is 16.4. The maximum absolute atomic E-state index is 12.0. The third-order valence-corrected chi connectivity index (χ3v) is 4.58. The van der Waals surface area contributed by atoms with E-state index in [1.54, 1.807) is 48.5 Å². The van der Waals surface area contributed by atoms with Gasteiger partial charge in [-0.25, -0.2) is 5.43 Å². The van der Waals surface area contributed by atoms with E-state index in [1.807, 2.05) is 0 Å². The maximum Gasteiger partial charge on any atom is 0.329 e. The van der Waals surface area contributed by atoms with Crippen LogP contribution >= 0.6 is 11.6 Å². The first-order valence-electron chi connectivity index (χ1n) is 9.94. The Balaban J connectivity index is 1.41. The van der Waals surface area contributed by atoms with Gasteiger partial charge >= 0.3 is 11.8 Å². The summed E-state index contributed by atoms with van der Waals surface area (Å²) in [6, 6.07) is 14.7. The third-order valence-electron chi connectivity index (χ3n) is 4.29. The lowest BCUT2D eigenvalue weighted by molar-refractivity contribution is -0.136. The molecule has 3 rings (SSSR count). The number of rotatable bonds is 9. The molecule has 0 aliphatic carbocycles. The first-order valence-corrected chi connectivity index (χ1v) is 10.3. The molecule has 176 valence electrons. The van der Waals surface area contributed by atoms with Gasteiger partial charge in [0, 0.05) is 5.69 Å². The number of carbonyl (C=O) groups excluding carboxylic acids is 3. The highest BCUT2D eigenvalue weighted by Gasteiger charge is 2.13. The van der Waals surface area contributed by atoms with Gasteiger partial charge in [-0.05, 0) is 60.2 Å². The number of nitrogens with zero attached hydrogens (tertiary/aromatic N) is 1. The van der Waals surface area contributed by atoms with Crippen molar-refractivity contribution in [2.75, 3.05) is 19.0 Å². The van der Waals surface area contributed by atoms with Crippen LogP contribution < -0.4 is 25.5 Å². The van der Waals surface area contributed by atoms with Crippen molar-refractivity contribution in [3.8, 4) is 11.5 Å². The van der Waals surface area contributed by atoms with E-state index in [-0.39, 0.29) is 19.1 Å². The summed E-state index contributed by atoms with van der Waals surface area (Å²) >= 11 is 5.99. The maximum atomic E-state index is 12.0. The lowest BCUT2D eigenvalue weighted by Crippen LogP contribution is -2.32. The zero-order chi connectivity index (χ0) is 24.3. The van der Waals surface area contributed by atoms with E-state index in [4.69, 9.17) is 25.5 Å².